The van der Waals surface area contributed by atoms with Crippen LogP contribution >= 0.6 is 0 Å². The van der Waals surface area contributed by atoms with Gasteiger partial charge in [-0.25, -0.2) is 8.42 Å². The van der Waals surface area contributed by atoms with Gasteiger partial charge in [0.1, 0.15) is 0 Å². The van der Waals surface area contributed by atoms with Gasteiger partial charge in [-0.1, -0.05) is 25.5 Å². The van der Waals surface area contributed by atoms with Crippen LogP contribution < -0.4 is 15.4 Å². The molecule has 2 aromatic carbocycles. The molecule has 0 aliphatic heterocycles. The molecule has 0 unspecified atom stereocenters. The second-order valence-electron chi connectivity index (χ2n) is 6.84. The summed E-state index contributed by atoms with van der Waals surface area (Å²) in [5.41, 5.74) is 2.30. The Hall–Kier alpha value is -2.71. The quantitative estimate of drug-likeness (QED) is 0.582. The molecule has 3 N–H and O–H groups in total. The van der Waals surface area contributed by atoms with E-state index in [-0.39, 0.29) is 10.8 Å². The zero-order valence-electron chi connectivity index (χ0n) is 16.9. The minimum atomic E-state index is -3.88. The Morgan fingerprint density at radius 3 is 2.03 bits per heavy atom. The van der Waals surface area contributed by atoms with Crippen molar-refractivity contribution in [3.63, 3.8) is 0 Å². The zero-order valence-corrected chi connectivity index (χ0v) is 17.7. The highest BCUT2D eigenvalue weighted by molar-refractivity contribution is 7.89. The number of aryl methyl sites for hydroxylation is 1. The molecule has 0 saturated carbocycles. The maximum atomic E-state index is 12.5. The highest BCUT2D eigenvalue weighted by atomic mass is 32.2. The van der Waals surface area contributed by atoms with Crippen LogP contribution in [0.1, 0.15) is 39.2 Å². The molecule has 0 fully saturated rings. The van der Waals surface area contributed by atoms with Crippen LogP contribution in [0.2, 0.25) is 0 Å². The van der Waals surface area contributed by atoms with E-state index in [1.165, 1.54) is 43.7 Å². The number of amides is 2. The number of nitrogens with one attached hydrogen (secondary N) is 3. The van der Waals surface area contributed by atoms with E-state index in [1.54, 1.807) is 0 Å². The Morgan fingerprint density at radius 2 is 1.48 bits per heavy atom. The molecule has 0 radical (unpaired) electrons. The first-order valence-electron chi connectivity index (χ1n) is 9.51. The molecule has 2 amide bonds. The Morgan fingerprint density at radius 1 is 0.931 bits per heavy atom. The average Bonchev–Trinajstić information content (AvgIpc) is 2.67. The van der Waals surface area contributed by atoms with Gasteiger partial charge in [-0.05, 0) is 61.7 Å². The van der Waals surface area contributed by atoms with Gasteiger partial charge in [0.05, 0.1) is 10.9 Å². The Balaban J connectivity index is 1.97. The van der Waals surface area contributed by atoms with E-state index >= 15 is 0 Å². The Bertz CT molecular complexity index is 939. The molecule has 2 rings (SSSR count). The summed E-state index contributed by atoms with van der Waals surface area (Å²) in [5, 5.41) is 5.28. The van der Waals surface area contributed by atoms with Crippen molar-refractivity contribution < 1.29 is 18.0 Å². The largest absolute Gasteiger partial charge is 0.326 e. The van der Waals surface area contributed by atoms with Gasteiger partial charge >= 0.3 is 0 Å². The molecule has 29 heavy (non-hydrogen) atoms. The average molecular weight is 418 g/mol. The van der Waals surface area contributed by atoms with Crippen molar-refractivity contribution in [2.45, 2.75) is 51.0 Å². The highest BCUT2D eigenvalue weighted by Gasteiger charge is 2.22. The van der Waals surface area contributed by atoms with E-state index < -0.39 is 22.0 Å². The number of carbonyl (C=O) groups excluding carboxylic acids is 2. The summed E-state index contributed by atoms with van der Waals surface area (Å²) in [7, 11) is -3.88. The van der Waals surface area contributed by atoms with Crippen molar-refractivity contribution in [1.29, 1.82) is 0 Å². The number of anilines is 2. The normalized spacial score (nSPS) is 12.2. The molecule has 0 aliphatic rings. The van der Waals surface area contributed by atoms with Crippen molar-refractivity contribution in [1.82, 2.24) is 4.72 Å². The number of rotatable bonds is 9. The Labute approximate surface area is 172 Å². The van der Waals surface area contributed by atoms with Crippen LogP contribution in [0.25, 0.3) is 0 Å². The summed E-state index contributed by atoms with van der Waals surface area (Å²) in [6.07, 6.45) is 3.21. The molecule has 0 aromatic heterocycles. The predicted octanol–water partition coefficient (Wildman–Crippen LogP) is 3.29. The number of benzene rings is 2. The molecule has 1 atom stereocenters. The van der Waals surface area contributed by atoms with Crippen molar-refractivity contribution in [2.75, 3.05) is 10.6 Å². The van der Waals surface area contributed by atoms with Crippen LogP contribution in [0.4, 0.5) is 11.4 Å². The molecule has 0 aliphatic carbocycles. The van der Waals surface area contributed by atoms with Gasteiger partial charge in [0.15, 0.2) is 0 Å². The summed E-state index contributed by atoms with van der Waals surface area (Å²) in [4.78, 5) is 23.4. The monoisotopic (exact) mass is 417 g/mol. The third-order valence-electron chi connectivity index (χ3n) is 4.25. The lowest BCUT2D eigenvalue weighted by Crippen LogP contribution is -2.41. The van der Waals surface area contributed by atoms with Gasteiger partial charge in [0, 0.05) is 18.3 Å². The maximum Gasteiger partial charge on any atom is 0.242 e. The van der Waals surface area contributed by atoms with Crippen molar-refractivity contribution >= 4 is 33.2 Å². The van der Waals surface area contributed by atoms with Crippen LogP contribution in [0.5, 0.6) is 0 Å². The van der Waals surface area contributed by atoms with Gasteiger partial charge in [0.2, 0.25) is 21.8 Å². The number of carbonyl (C=O) groups is 2. The summed E-state index contributed by atoms with van der Waals surface area (Å²) >= 11 is 0. The smallest absolute Gasteiger partial charge is 0.242 e. The first-order chi connectivity index (χ1) is 13.7. The van der Waals surface area contributed by atoms with Crippen molar-refractivity contribution in [3.05, 3.63) is 54.1 Å². The summed E-state index contributed by atoms with van der Waals surface area (Å²) < 4.78 is 27.4. The van der Waals surface area contributed by atoms with Gasteiger partial charge in [0.25, 0.3) is 0 Å². The van der Waals surface area contributed by atoms with E-state index in [9.17, 15) is 18.0 Å². The third kappa shape index (κ3) is 6.99. The first kappa shape index (κ1) is 22.6. The van der Waals surface area contributed by atoms with E-state index in [4.69, 9.17) is 0 Å². The van der Waals surface area contributed by atoms with Crippen LogP contribution in [0.15, 0.2) is 53.4 Å². The van der Waals surface area contributed by atoms with E-state index in [2.05, 4.69) is 22.3 Å². The zero-order chi connectivity index (χ0) is 21.4. The van der Waals surface area contributed by atoms with Gasteiger partial charge in [-0.2, -0.15) is 4.72 Å². The summed E-state index contributed by atoms with van der Waals surface area (Å²) in [6, 6.07) is 12.3. The molecule has 156 valence electrons. The second kappa shape index (κ2) is 10.2. The minimum absolute atomic E-state index is 0.00605. The molecule has 7 nitrogen and oxygen atoms in total. The van der Waals surface area contributed by atoms with Crippen molar-refractivity contribution in [3.8, 4) is 0 Å². The molecular formula is C21H27N3O4S. The van der Waals surface area contributed by atoms with E-state index in [0.29, 0.717) is 11.4 Å². The molecule has 2 aromatic rings. The fourth-order valence-electron chi connectivity index (χ4n) is 2.66. The lowest BCUT2D eigenvalue weighted by atomic mass is 10.1. The summed E-state index contributed by atoms with van der Waals surface area (Å²) in [6.45, 7) is 4.98. The number of hydrogen-bond acceptors (Lipinski definition) is 4. The van der Waals surface area contributed by atoms with Gasteiger partial charge < -0.3 is 10.6 Å². The summed E-state index contributed by atoms with van der Waals surface area (Å²) in [5.74, 6) is -0.702. The lowest BCUT2D eigenvalue weighted by molar-refractivity contribution is -0.117. The second-order valence-corrected chi connectivity index (χ2v) is 8.55. The van der Waals surface area contributed by atoms with Crippen molar-refractivity contribution in [2.24, 2.45) is 0 Å². The molecule has 0 bridgehead atoms. The molecular weight excluding hydrogens is 390 g/mol. The van der Waals surface area contributed by atoms with Gasteiger partial charge in [-0.3, -0.25) is 9.59 Å². The molecule has 0 spiro atoms. The maximum absolute atomic E-state index is 12.5. The topological polar surface area (TPSA) is 104 Å². The standard InChI is InChI=1S/C21H27N3O4S/c1-4-5-6-17-7-9-19(10-8-17)23-21(26)15(2)24-29(27,28)20-13-11-18(12-14-20)22-16(3)25/h7-15,24H,4-6H2,1-3H3,(H,22,25)(H,23,26)/t15-/m0/s1. The molecule has 0 saturated heterocycles. The van der Waals surface area contributed by atoms with Crippen LogP contribution in [0.3, 0.4) is 0 Å². The molecule has 0 heterocycles. The number of sulfonamides is 1. The first-order valence-corrected chi connectivity index (χ1v) is 11.0. The predicted molar refractivity (Wildman–Crippen MR) is 114 cm³/mol. The fraction of sp³-hybridized carbons (Fsp3) is 0.333. The SMILES string of the molecule is CCCCc1ccc(NC(=O)[C@H](C)NS(=O)(=O)c2ccc(NC(C)=O)cc2)cc1. The number of unbranched alkanes of at least 4 members (excludes halogenated alkanes) is 1. The fourth-order valence-corrected chi connectivity index (χ4v) is 3.86. The Kier molecular flexibility index (Phi) is 7.92. The van der Waals surface area contributed by atoms with Crippen LogP contribution in [-0.4, -0.2) is 26.3 Å². The van der Waals surface area contributed by atoms with Gasteiger partial charge in [-0.15, -0.1) is 0 Å². The highest BCUT2D eigenvalue weighted by Crippen LogP contribution is 2.15. The molecule has 8 heteroatoms. The van der Waals surface area contributed by atoms with E-state index in [0.717, 1.165) is 19.3 Å². The third-order valence-corrected chi connectivity index (χ3v) is 5.81. The lowest BCUT2D eigenvalue weighted by Gasteiger charge is -2.15. The van der Waals surface area contributed by atoms with Crippen LogP contribution in [-0.2, 0) is 26.0 Å². The number of hydrogen-bond donors (Lipinski definition) is 3. The minimum Gasteiger partial charge on any atom is -0.326 e. The van der Waals surface area contributed by atoms with E-state index in [1.807, 2.05) is 24.3 Å². The van der Waals surface area contributed by atoms with Crippen LogP contribution in [0, 0.1) is 0 Å².